The quantitative estimate of drug-likeness (QED) is 0.701. The number of hydrogen-bond donors (Lipinski definition) is 0. The van der Waals surface area contributed by atoms with Gasteiger partial charge in [0.15, 0.2) is 0 Å². The third-order valence-corrected chi connectivity index (χ3v) is 5.46. The molecule has 2 amide bonds. The van der Waals surface area contributed by atoms with Crippen LogP contribution < -0.4 is 4.31 Å². The molecule has 1 aromatic rings. The van der Waals surface area contributed by atoms with E-state index in [0.717, 1.165) is 34.8 Å². The van der Waals surface area contributed by atoms with E-state index in [-0.39, 0.29) is 38.5 Å². The minimum absolute atomic E-state index is 0.0426. The lowest BCUT2D eigenvalue weighted by atomic mass is 10.2. The molecule has 12 heteroatoms. The molecule has 2 rings (SSSR count). The zero-order chi connectivity index (χ0) is 21.8. The Hall–Kier alpha value is -2.50. The standard InChI is InChI=1S/C17H22F3N3O5S/c1-3-28-16(25)22-10-8-21(9-11-22)15(24)12-23(29(2,26)27)14-6-4-13(5-7-14)17(18,19)20/h4-7H,3,8-12H2,1-2H3. The van der Waals surface area contributed by atoms with Gasteiger partial charge in [0.2, 0.25) is 15.9 Å². The van der Waals surface area contributed by atoms with E-state index >= 15 is 0 Å². The normalized spacial score (nSPS) is 15.2. The number of halogens is 3. The van der Waals surface area contributed by atoms with Crippen LogP contribution in [0.5, 0.6) is 0 Å². The van der Waals surface area contributed by atoms with Crippen molar-refractivity contribution in [1.82, 2.24) is 9.80 Å². The minimum atomic E-state index is -4.55. The van der Waals surface area contributed by atoms with E-state index in [2.05, 4.69) is 0 Å². The molecule has 29 heavy (non-hydrogen) atoms. The Kier molecular flexibility index (Phi) is 6.98. The van der Waals surface area contributed by atoms with E-state index in [1.54, 1.807) is 6.92 Å². The molecule has 0 unspecified atom stereocenters. The minimum Gasteiger partial charge on any atom is -0.450 e. The van der Waals surface area contributed by atoms with Crippen LogP contribution in [0.1, 0.15) is 12.5 Å². The number of sulfonamides is 1. The summed E-state index contributed by atoms with van der Waals surface area (Å²) in [6.45, 7) is 2.23. The zero-order valence-electron chi connectivity index (χ0n) is 16.0. The largest absolute Gasteiger partial charge is 0.450 e. The maximum absolute atomic E-state index is 12.7. The van der Waals surface area contributed by atoms with Gasteiger partial charge in [-0.3, -0.25) is 9.10 Å². The molecule has 8 nitrogen and oxygen atoms in total. The fraction of sp³-hybridized carbons (Fsp3) is 0.529. The number of carbonyl (C=O) groups is 2. The molecule has 0 aromatic heterocycles. The predicted octanol–water partition coefficient (Wildman–Crippen LogP) is 1.77. The van der Waals surface area contributed by atoms with Crippen LogP contribution in [-0.2, 0) is 25.7 Å². The third kappa shape index (κ3) is 5.99. The molecule has 1 aliphatic heterocycles. The van der Waals surface area contributed by atoms with E-state index in [9.17, 15) is 31.2 Å². The molecule has 1 aliphatic rings. The van der Waals surface area contributed by atoms with Crippen LogP contribution in [0.4, 0.5) is 23.7 Å². The van der Waals surface area contributed by atoms with Gasteiger partial charge < -0.3 is 14.5 Å². The summed E-state index contributed by atoms with van der Waals surface area (Å²) in [4.78, 5) is 27.1. The number of alkyl halides is 3. The van der Waals surface area contributed by atoms with Gasteiger partial charge in [-0.1, -0.05) is 0 Å². The second-order valence-electron chi connectivity index (χ2n) is 6.38. The number of benzene rings is 1. The lowest BCUT2D eigenvalue weighted by Crippen LogP contribution is -2.53. The van der Waals surface area contributed by atoms with Gasteiger partial charge in [-0.2, -0.15) is 13.2 Å². The fourth-order valence-electron chi connectivity index (χ4n) is 2.79. The maximum atomic E-state index is 12.7. The molecule has 162 valence electrons. The summed E-state index contributed by atoms with van der Waals surface area (Å²) in [6, 6.07) is 3.54. The van der Waals surface area contributed by atoms with Gasteiger partial charge in [-0.05, 0) is 31.2 Å². The molecule has 1 saturated heterocycles. The Labute approximate surface area is 166 Å². The summed E-state index contributed by atoms with van der Waals surface area (Å²) in [5, 5.41) is 0. The Balaban J connectivity index is 2.08. The van der Waals surface area contributed by atoms with Crippen LogP contribution >= 0.6 is 0 Å². The van der Waals surface area contributed by atoms with Gasteiger partial charge in [-0.25, -0.2) is 13.2 Å². The van der Waals surface area contributed by atoms with Gasteiger partial charge in [0.05, 0.1) is 24.1 Å². The van der Waals surface area contributed by atoms with Crippen LogP contribution in [0, 0.1) is 0 Å². The highest BCUT2D eigenvalue weighted by molar-refractivity contribution is 7.92. The van der Waals surface area contributed by atoms with Crippen molar-refractivity contribution in [1.29, 1.82) is 0 Å². The number of carbonyl (C=O) groups excluding carboxylic acids is 2. The Morgan fingerprint density at radius 3 is 2.03 bits per heavy atom. The molecule has 0 saturated carbocycles. The number of amides is 2. The first kappa shape index (κ1) is 22.8. The SMILES string of the molecule is CCOC(=O)N1CCN(C(=O)CN(c2ccc(C(F)(F)F)cc2)S(C)(=O)=O)CC1. The molecular weight excluding hydrogens is 415 g/mol. The Bertz CT molecular complexity index is 835. The van der Waals surface area contributed by atoms with Gasteiger partial charge in [-0.15, -0.1) is 0 Å². The lowest BCUT2D eigenvalue weighted by Gasteiger charge is -2.35. The first-order valence-electron chi connectivity index (χ1n) is 8.78. The van der Waals surface area contributed by atoms with Crippen LogP contribution in [0.15, 0.2) is 24.3 Å². The smallest absolute Gasteiger partial charge is 0.416 e. The number of rotatable bonds is 5. The number of nitrogens with zero attached hydrogens (tertiary/aromatic N) is 3. The molecule has 1 heterocycles. The molecule has 1 aromatic carbocycles. The van der Waals surface area contributed by atoms with Crippen molar-refractivity contribution in [3.63, 3.8) is 0 Å². The van der Waals surface area contributed by atoms with Gasteiger partial charge in [0, 0.05) is 26.2 Å². The van der Waals surface area contributed by atoms with E-state index in [1.165, 1.54) is 9.80 Å². The average Bonchev–Trinajstić information content (AvgIpc) is 2.64. The molecule has 1 fully saturated rings. The Morgan fingerprint density at radius 2 is 1.59 bits per heavy atom. The van der Waals surface area contributed by atoms with Crippen molar-refractivity contribution in [2.45, 2.75) is 13.1 Å². The highest BCUT2D eigenvalue weighted by Crippen LogP contribution is 2.31. The van der Waals surface area contributed by atoms with Crippen molar-refractivity contribution in [3.05, 3.63) is 29.8 Å². The van der Waals surface area contributed by atoms with Crippen LogP contribution in [-0.4, -0.2) is 75.8 Å². The monoisotopic (exact) mass is 437 g/mol. The second kappa shape index (κ2) is 8.89. The first-order chi connectivity index (χ1) is 13.4. The summed E-state index contributed by atoms with van der Waals surface area (Å²) in [5.41, 5.74) is -0.963. The average molecular weight is 437 g/mol. The highest BCUT2D eigenvalue weighted by Gasteiger charge is 2.32. The predicted molar refractivity (Wildman–Crippen MR) is 98.8 cm³/mol. The molecule has 0 bridgehead atoms. The number of anilines is 1. The third-order valence-electron chi connectivity index (χ3n) is 4.32. The van der Waals surface area contributed by atoms with Crippen molar-refractivity contribution in [2.75, 3.05) is 49.9 Å². The summed E-state index contributed by atoms with van der Waals surface area (Å²) in [6.07, 6.45) is -4.17. The number of ether oxygens (including phenoxy) is 1. The van der Waals surface area contributed by atoms with E-state index in [4.69, 9.17) is 4.74 Å². The Morgan fingerprint density at radius 1 is 1.07 bits per heavy atom. The maximum Gasteiger partial charge on any atom is 0.416 e. The summed E-state index contributed by atoms with van der Waals surface area (Å²) < 4.78 is 68.0. The summed E-state index contributed by atoms with van der Waals surface area (Å²) in [5.74, 6) is -0.515. The topological polar surface area (TPSA) is 87.2 Å². The van der Waals surface area contributed by atoms with E-state index < -0.39 is 40.3 Å². The lowest BCUT2D eigenvalue weighted by molar-refractivity contribution is -0.137. The molecular formula is C17H22F3N3O5S. The number of piperazine rings is 1. The summed E-state index contributed by atoms with van der Waals surface area (Å²) in [7, 11) is -3.91. The van der Waals surface area contributed by atoms with Crippen LogP contribution in [0.3, 0.4) is 0 Å². The van der Waals surface area contributed by atoms with Gasteiger partial charge >= 0.3 is 12.3 Å². The second-order valence-corrected chi connectivity index (χ2v) is 8.29. The highest BCUT2D eigenvalue weighted by atomic mass is 32.2. The molecule has 0 radical (unpaired) electrons. The van der Waals surface area contributed by atoms with Crippen LogP contribution in [0.25, 0.3) is 0 Å². The fourth-order valence-corrected chi connectivity index (χ4v) is 3.64. The summed E-state index contributed by atoms with van der Waals surface area (Å²) >= 11 is 0. The van der Waals surface area contributed by atoms with Crippen LogP contribution in [0.2, 0.25) is 0 Å². The van der Waals surface area contributed by atoms with Crippen molar-refractivity contribution >= 4 is 27.7 Å². The first-order valence-corrected chi connectivity index (χ1v) is 10.6. The van der Waals surface area contributed by atoms with Crippen molar-refractivity contribution in [3.8, 4) is 0 Å². The molecule has 0 spiro atoms. The molecule has 0 N–H and O–H groups in total. The number of hydrogen-bond acceptors (Lipinski definition) is 5. The molecule has 0 aliphatic carbocycles. The van der Waals surface area contributed by atoms with Gasteiger partial charge in [0.1, 0.15) is 6.54 Å². The van der Waals surface area contributed by atoms with Crippen molar-refractivity contribution in [2.24, 2.45) is 0 Å². The van der Waals surface area contributed by atoms with Gasteiger partial charge in [0.25, 0.3) is 0 Å². The van der Waals surface area contributed by atoms with E-state index in [1.807, 2.05) is 0 Å². The van der Waals surface area contributed by atoms with E-state index in [0.29, 0.717) is 0 Å². The molecule has 0 atom stereocenters. The van der Waals surface area contributed by atoms with Crippen molar-refractivity contribution < 1.29 is 35.9 Å². The zero-order valence-corrected chi connectivity index (χ0v) is 16.8.